The Morgan fingerprint density at radius 1 is 1.46 bits per heavy atom. The number of carbonyl (C=O) groups excluding carboxylic acids is 1. The number of fused-ring (bicyclic) bond motifs is 4. The lowest BCUT2D eigenvalue weighted by atomic mass is 9.34. The zero-order valence-corrected chi connectivity index (χ0v) is 13.9. The predicted octanol–water partition coefficient (Wildman–Crippen LogP) is 2.96. The monoisotopic (exact) mass is 323 g/mol. The molecule has 0 aromatic carbocycles. The van der Waals surface area contributed by atoms with E-state index in [1.807, 2.05) is 4.90 Å². The van der Waals surface area contributed by atoms with Crippen molar-refractivity contribution in [3.05, 3.63) is 23.5 Å². The topological polar surface area (TPSA) is 66.2 Å². The van der Waals surface area contributed by atoms with Crippen molar-refractivity contribution in [1.29, 1.82) is 5.26 Å². The van der Waals surface area contributed by atoms with E-state index in [0.29, 0.717) is 29.2 Å². The third-order valence-electron chi connectivity index (χ3n) is 6.59. The minimum absolute atomic E-state index is 0.0119. The molecule has 1 saturated heterocycles. The van der Waals surface area contributed by atoms with Crippen molar-refractivity contribution in [3.8, 4) is 11.8 Å². The van der Waals surface area contributed by atoms with Gasteiger partial charge in [0, 0.05) is 24.4 Å². The highest BCUT2D eigenvalue weighted by molar-refractivity contribution is 5.87. The van der Waals surface area contributed by atoms with Gasteiger partial charge in [0.2, 0.25) is 5.91 Å². The Labute approximate surface area is 141 Å². The molecule has 1 aromatic rings. The van der Waals surface area contributed by atoms with Crippen molar-refractivity contribution >= 4 is 5.91 Å². The Morgan fingerprint density at radius 3 is 2.96 bits per heavy atom. The molecule has 124 valence electrons. The van der Waals surface area contributed by atoms with Crippen molar-refractivity contribution in [3.63, 3.8) is 0 Å². The van der Waals surface area contributed by atoms with Gasteiger partial charge in [-0.1, -0.05) is 13.3 Å². The summed E-state index contributed by atoms with van der Waals surface area (Å²) in [6.45, 7) is 2.87. The molecule has 3 aliphatic carbocycles. The quantitative estimate of drug-likeness (QED) is 0.858. The molecule has 4 bridgehead atoms. The first-order valence-electron chi connectivity index (χ1n) is 8.95. The van der Waals surface area contributed by atoms with Gasteiger partial charge < -0.3 is 9.64 Å². The second kappa shape index (κ2) is 4.50. The van der Waals surface area contributed by atoms with Crippen LogP contribution in [-0.2, 0) is 4.79 Å². The number of nitrogens with zero attached hydrogens (tertiary/aromatic N) is 3. The zero-order valence-electron chi connectivity index (χ0n) is 13.9. The van der Waals surface area contributed by atoms with Crippen LogP contribution in [0.25, 0.3) is 0 Å². The van der Waals surface area contributed by atoms with Crippen molar-refractivity contribution in [2.75, 3.05) is 6.54 Å². The van der Waals surface area contributed by atoms with Crippen LogP contribution in [0.3, 0.4) is 0 Å². The van der Waals surface area contributed by atoms with Crippen molar-refractivity contribution in [1.82, 2.24) is 9.88 Å². The first-order valence-corrected chi connectivity index (χ1v) is 8.95. The molecule has 0 spiro atoms. The second-order valence-corrected chi connectivity index (χ2v) is 8.23. The van der Waals surface area contributed by atoms with Crippen LogP contribution in [0.2, 0.25) is 0 Å². The van der Waals surface area contributed by atoms with Crippen LogP contribution in [0.5, 0.6) is 5.75 Å². The Morgan fingerprint density at radius 2 is 2.25 bits per heavy atom. The van der Waals surface area contributed by atoms with E-state index in [2.05, 4.69) is 18.0 Å². The number of rotatable bonds is 3. The molecule has 5 aliphatic rings. The number of hydrogen-bond acceptors (Lipinski definition) is 4. The molecule has 4 fully saturated rings. The molecule has 0 N–H and O–H groups in total. The van der Waals surface area contributed by atoms with Crippen LogP contribution < -0.4 is 4.74 Å². The maximum absolute atomic E-state index is 13.2. The molecule has 24 heavy (non-hydrogen) atoms. The van der Waals surface area contributed by atoms with Gasteiger partial charge in [-0.2, -0.15) is 5.26 Å². The van der Waals surface area contributed by atoms with E-state index in [0.717, 1.165) is 31.2 Å². The number of hydrogen-bond donors (Lipinski definition) is 0. The summed E-state index contributed by atoms with van der Waals surface area (Å²) in [4.78, 5) is 19.4. The third kappa shape index (κ3) is 1.64. The summed E-state index contributed by atoms with van der Waals surface area (Å²) < 4.78 is 6.00. The highest BCUT2D eigenvalue weighted by Gasteiger charge is 2.71. The third-order valence-corrected chi connectivity index (χ3v) is 6.59. The largest absolute Gasteiger partial charge is 0.487 e. The molecule has 5 nitrogen and oxygen atoms in total. The minimum Gasteiger partial charge on any atom is -0.487 e. The Bertz CT molecular complexity index is 762. The molecule has 3 saturated carbocycles. The van der Waals surface area contributed by atoms with Gasteiger partial charge in [0.15, 0.2) is 0 Å². The summed E-state index contributed by atoms with van der Waals surface area (Å²) >= 11 is 0. The van der Waals surface area contributed by atoms with Gasteiger partial charge in [0.05, 0.1) is 18.0 Å². The lowest BCUT2D eigenvalue weighted by Crippen LogP contribution is -2.67. The molecule has 2 atom stereocenters. The van der Waals surface area contributed by atoms with E-state index in [9.17, 15) is 10.1 Å². The lowest BCUT2D eigenvalue weighted by Gasteiger charge is -2.70. The van der Waals surface area contributed by atoms with Crippen LogP contribution in [0.1, 0.15) is 62.6 Å². The first-order chi connectivity index (χ1) is 11.6. The fourth-order valence-corrected chi connectivity index (χ4v) is 5.81. The summed E-state index contributed by atoms with van der Waals surface area (Å²) in [5.74, 6) is 0.955. The van der Waals surface area contributed by atoms with Gasteiger partial charge in [-0.3, -0.25) is 9.78 Å². The number of carbonyl (C=O) groups is 1. The molecule has 5 heteroatoms. The first kappa shape index (κ1) is 14.3. The molecular weight excluding hydrogens is 302 g/mol. The summed E-state index contributed by atoms with van der Waals surface area (Å²) in [5.41, 5.74) is 1.77. The van der Waals surface area contributed by atoms with Gasteiger partial charge in [-0.25, -0.2) is 0 Å². The van der Waals surface area contributed by atoms with E-state index in [1.54, 1.807) is 12.4 Å². The Balaban J connectivity index is 1.42. The van der Waals surface area contributed by atoms with E-state index in [1.165, 1.54) is 12.8 Å². The van der Waals surface area contributed by atoms with Crippen molar-refractivity contribution < 1.29 is 9.53 Å². The molecule has 3 heterocycles. The van der Waals surface area contributed by atoms with Gasteiger partial charge in [0.1, 0.15) is 23.5 Å². The van der Waals surface area contributed by atoms with Crippen LogP contribution in [0.15, 0.2) is 12.4 Å². The highest BCUT2D eigenvalue weighted by atomic mass is 16.5. The zero-order chi connectivity index (χ0) is 16.5. The lowest BCUT2D eigenvalue weighted by molar-refractivity contribution is -0.219. The number of likely N-dealkylation sites (tertiary alicyclic amines) is 1. The molecule has 6 rings (SSSR count). The molecule has 0 radical (unpaired) electrons. The number of nitriles is 1. The highest BCUT2D eigenvalue weighted by Crippen LogP contribution is 2.76. The summed E-state index contributed by atoms with van der Waals surface area (Å²) in [6, 6.07) is 2.19. The summed E-state index contributed by atoms with van der Waals surface area (Å²) in [5, 5.41) is 9.27. The molecule has 0 unspecified atom stereocenters. The predicted molar refractivity (Wildman–Crippen MR) is 86.1 cm³/mol. The number of ether oxygens (including phenoxy) is 1. The van der Waals surface area contributed by atoms with Crippen LogP contribution in [0, 0.1) is 22.2 Å². The molecule has 1 aromatic heterocycles. The maximum atomic E-state index is 13.2. The Kier molecular flexibility index (Phi) is 2.68. The SMILES string of the molecule is CCCC12CC(C(=O)N3C[C@@H]4C[C@H]3c3cncc(C#N)c3O4)(C1)C2. The van der Waals surface area contributed by atoms with Gasteiger partial charge in [-0.05, 0) is 31.1 Å². The summed E-state index contributed by atoms with van der Waals surface area (Å²) in [7, 11) is 0. The molecule has 1 amide bonds. The van der Waals surface area contributed by atoms with E-state index < -0.39 is 0 Å². The van der Waals surface area contributed by atoms with Crippen LogP contribution in [-0.4, -0.2) is 28.4 Å². The smallest absolute Gasteiger partial charge is 0.229 e. The normalized spacial score (nSPS) is 37.6. The number of aromatic nitrogens is 1. The van der Waals surface area contributed by atoms with Crippen LogP contribution in [0.4, 0.5) is 0 Å². The van der Waals surface area contributed by atoms with Crippen LogP contribution >= 0.6 is 0 Å². The van der Waals surface area contributed by atoms with Gasteiger partial charge in [0.25, 0.3) is 0 Å². The van der Waals surface area contributed by atoms with Crippen molar-refractivity contribution in [2.24, 2.45) is 10.8 Å². The van der Waals surface area contributed by atoms with Gasteiger partial charge >= 0.3 is 0 Å². The maximum Gasteiger partial charge on any atom is 0.229 e. The average molecular weight is 323 g/mol. The minimum atomic E-state index is -0.0902. The molecular formula is C19H21N3O2. The fourth-order valence-electron chi connectivity index (χ4n) is 5.81. The van der Waals surface area contributed by atoms with Crippen molar-refractivity contribution in [2.45, 2.75) is 57.6 Å². The van der Waals surface area contributed by atoms with E-state index in [-0.39, 0.29) is 17.6 Å². The Hall–Kier alpha value is -2.09. The van der Waals surface area contributed by atoms with Gasteiger partial charge in [-0.15, -0.1) is 0 Å². The number of amides is 1. The van der Waals surface area contributed by atoms with E-state index >= 15 is 0 Å². The van der Waals surface area contributed by atoms with E-state index in [4.69, 9.17) is 4.74 Å². The summed E-state index contributed by atoms with van der Waals surface area (Å²) in [6.07, 6.45) is 9.84. The average Bonchev–Trinajstić information content (AvgIpc) is 2.86. The second-order valence-electron chi connectivity index (χ2n) is 8.23. The number of pyridine rings is 1. The molecule has 2 aliphatic heterocycles. The fraction of sp³-hybridized carbons (Fsp3) is 0.632. The standard InChI is InChI=1S/C19H21N3O2/c1-2-3-18-9-19(10-18,11-18)17(23)22-8-13-4-15(22)14-7-21-6-12(5-20)16(14)24-13/h6-7,13,15H,2-4,8-11H2,1H3/t13-,15-,18?,19?/m0/s1.